The summed E-state index contributed by atoms with van der Waals surface area (Å²) in [6, 6.07) is 7.90. The number of benzene rings is 1. The number of unbranched alkanes of at least 4 members (excludes halogenated alkanes) is 1. The fraction of sp³-hybridized carbons (Fsp3) is 0.250. The maximum absolute atomic E-state index is 13.4. The SMILES string of the molecule is O=C(NCCCCn1ccccc1=O)Nc1cccc(F)c1F. The molecule has 0 aliphatic rings. The topological polar surface area (TPSA) is 63.1 Å². The molecule has 0 bridgehead atoms. The Labute approximate surface area is 131 Å². The Kier molecular flexibility index (Phi) is 5.85. The van der Waals surface area contributed by atoms with Crippen LogP contribution in [0.3, 0.4) is 0 Å². The van der Waals surface area contributed by atoms with E-state index in [1.165, 1.54) is 18.2 Å². The van der Waals surface area contributed by atoms with Crippen LogP contribution in [0.15, 0.2) is 47.4 Å². The minimum Gasteiger partial charge on any atom is -0.338 e. The van der Waals surface area contributed by atoms with Gasteiger partial charge in [0.15, 0.2) is 11.6 Å². The number of carbonyl (C=O) groups is 1. The highest BCUT2D eigenvalue weighted by Gasteiger charge is 2.09. The summed E-state index contributed by atoms with van der Waals surface area (Å²) in [7, 11) is 0. The molecule has 2 aromatic rings. The lowest BCUT2D eigenvalue weighted by Gasteiger charge is -2.09. The van der Waals surface area contributed by atoms with Gasteiger partial charge in [0.05, 0.1) is 5.69 Å². The first kappa shape index (κ1) is 16.7. The van der Waals surface area contributed by atoms with Crippen molar-refractivity contribution in [3.05, 3.63) is 64.6 Å². The molecule has 1 aromatic heterocycles. The highest BCUT2D eigenvalue weighted by atomic mass is 19.2. The van der Waals surface area contributed by atoms with Crippen molar-refractivity contribution < 1.29 is 13.6 Å². The average molecular weight is 321 g/mol. The van der Waals surface area contributed by atoms with Crippen LogP contribution in [0, 0.1) is 11.6 Å². The van der Waals surface area contributed by atoms with Gasteiger partial charge in [-0.2, -0.15) is 0 Å². The number of anilines is 1. The van der Waals surface area contributed by atoms with Crippen molar-refractivity contribution in [2.45, 2.75) is 19.4 Å². The number of nitrogens with one attached hydrogen (secondary N) is 2. The van der Waals surface area contributed by atoms with E-state index in [0.29, 0.717) is 25.9 Å². The molecule has 7 heteroatoms. The number of amides is 2. The maximum atomic E-state index is 13.4. The zero-order chi connectivity index (χ0) is 16.7. The molecule has 122 valence electrons. The van der Waals surface area contributed by atoms with Gasteiger partial charge in [-0.25, -0.2) is 13.6 Å². The molecule has 23 heavy (non-hydrogen) atoms. The molecule has 2 N–H and O–H groups in total. The molecule has 1 aromatic carbocycles. The second-order valence-electron chi connectivity index (χ2n) is 4.92. The maximum Gasteiger partial charge on any atom is 0.319 e. The Morgan fingerprint density at radius 3 is 2.70 bits per heavy atom. The molecule has 0 spiro atoms. The molecule has 0 atom stereocenters. The van der Waals surface area contributed by atoms with Gasteiger partial charge >= 0.3 is 6.03 Å². The number of urea groups is 1. The number of aryl methyl sites for hydroxylation is 1. The van der Waals surface area contributed by atoms with Gasteiger partial charge in [0.2, 0.25) is 5.56 Å². The van der Waals surface area contributed by atoms with Gasteiger partial charge in [-0.1, -0.05) is 12.1 Å². The van der Waals surface area contributed by atoms with E-state index in [0.717, 1.165) is 6.07 Å². The zero-order valence-electron chi connectivity index (χ0n) is 12.4. The molecule has 0 radical (unpaired) electrons. The molecule has 0 unspecified atom stereocenters. The highest BCUT2D eigenvalue weighted by Crippen LogP contribution is 2.16. The van der Waals surface area contributed by atoms with E-state index in [1.807, 2.05) is 0 Å². The van der Waals surface area contributed by atoms with Crippen LogP contribution in [0.4, 0.5) is 19.3 Å². The number of hydrogen-bond acceptors (Lipinski definition) is 2. The molecule has 0 saturated carbocycles. The molecule has 0 aliphatic carbocycles. The Morgan fingerprint density at radius 1 is 1.09 bits per heavy atom. The molecule has 0 aliphatic heterocycles. The Balaban J connectivity index is 1.70. The van der Waals surface area contributed by atoms with E-state index < -0.39 is 17.7 Å². The van der Waals surface area contributed by atoms with E-state index in [9.17, 15) is 18.4 Å². The van der Waals surface area contributed by atoms with Crippen LogP contribution in [0.5, 0.6) is 0 Å². The van der Waals surface area contributed by atoms with Crippen molar-refractivity contribution in [3.8, 4) is 0 Å². The van der Waals surface area contributed by atoms with E-state index >= 15 is 0 Å². The lowest BCUT2D eigenvalue weighted by Crippen LogP contribution is -2.30. The second-order valence-corrected chi connectivity index (χ2v) is 4.92. The normalized spacial score (nSPS) is 10.3. The summed E-state index contributed by atoms with van der Waals surface area (Å²) in [5.41, 5.74) is -0.280. The van der Waals surface area contributed by atoms with Gasteiger partial charge in [-0.3, -0.25) is 4.79 Å². The second kappa shape index (κ2) is 8.07. The fourth-order valence-electron chi connectivity index (χ4n) is 2.02. The number of hydrogen-bond donors (Lipinski definition) is 2. The fourth-order valence-corrected chi connectivity index (χ4v) is 2.02. The summed E-state index contributed by atoms with van der Waals surface area (Å²) in [5, 5.41) is 4.80. The molecule has 0 fully saturated rings. The summed E-state index contributed by atoms with van der Waals surface area (Å²) >= 11 is 0. The quantitative estimate of drug-likeness (QED) is 0.804. The first-order valence-corrected chi connectivity index (χ1v) is 7.22. The van der Waals surface area contributed by atoms with Gasteiger partial charge in [0.1, 0.15) is 0 Å². The minimum absolute atomic E-state index is 0.0696. The Morgan fingerprint density at radius 2 is 1.91 bits per heavy atom. The summed E-state index contributed by atoms with van der Waals surface area (Å²) in [5.74, 6) is -2.11. The monoisotopic (exact) mass is 321 g/mol. The van der Waals surface area contributed by atoms with Crippen LogP contribution in [-0.2, 0) is 6.54 Å². The average Bonchev–Trinajstić information content (AvgIpc) is 2.53. The summed E-state index contributed by atoms with van der Waals surface area (Å²) in [4.78, 5) is 23.1. The van der Waals surface area contributed by atoms with Crippen LogP contribution in [0.1, 0.15) is 12.8 Å². The molecular formula is C16H17F2N3O2. The number of carbonyl (C=O) groups excluding carboxylic acids is 1. The van der Waals surface area contributed by atoms with E-state index in [1.54, 1.807) is 22.9 Å². The molecule has 1 heterocycles. The summed E-state index contributed by atoms with van der Waals surface area (Å²) in [6.45, 7) is 0.922. The first-order valence-electron chi connectivity index (χ1n) is 7.22. The molecular weight excluding hydrogens is 304 g/mol. The van der Waals surface area contributed by atoms with E-state index in [2.05, 4.69) is 10.6 Å². The van der Waals surface area contributed by atoms with E-state index in [4.69, 9.17) is 0 Å². The number of rotatable bonds is 6. The molecule has 2 rings (SSSR count). The standard InChI is InChI=1S/C16H17F2N3O2/c17-12-6-5-7-13(15(12)18)20-16(23)19-9-2-4-11-21-10-3-1-8-14(21)22/h1,3,5-8,10H,2,4,9,11H2,(H2,19,20,23). The Bertz CT molecular complexity index is 731. The number of halogens is 2. The summed E-state index contributed by atoms with van der Waals surface area (Å²) < 4.78 is 28.0. The van der Waals surface area contributed by atoms with Gasteiger partial charge in [-0.05, 0) is 31.0 Å². The molecule has 5 nitrogen and oxygen atoms in total. The van der Waals surface area contributed by atoms with E-state index in [-0.39, 0.29) is 11.2 Å². The third kappa shape index (κ3) is 4.91. The smallest absolute Gasteiger partial charge is 0.319 e. The van der Waals surface area contributed by atoms with Gasteiger partial charge in [0, 0.05) is 25.4 Å². The predicted octanol–water partition coefficient (Wildman–Crippen LogP) is 2.73. The van der Waals surface area contributed by atoms with Crippen molar-refractivity contribution in [1.82, 2.24) is 9.88 Å². The number of nitrogens with zero attached hydrogens (tertiary/aromatic N) is 1. The van der Waals surface area contributed by atoms with Crippen LogP contribution < -0.4 is 16.2 Å². The third-order valence-corrected chi connectivity index (χ3v) is 3.21. The highest BCUT2D eigenvalue weighted by molar-refractivity contribution is 5.89. The van der Waals surface area contributed by atoms with Crippen molar-refractivity contribution >= 4 is 11.7 Å². The number of pyridine rings is 1. The lowest BCUT2D eigenvalue weighted by atomic mass is 10.3. The minimum atomic E-state index is -1.09. The largest absolute Gasteiger partial charge is 0.338 e. The third-order valence-electron chi connectivity index (χ3n) is 3.21. The van der Waals surface area contributed by atoms with Crippen molar-refractivity contribution in [2.75, 3.05) is 11.9 Å². The zero-order valence-corrected chi connectivity index (χ0v) is 12.4. The van der Waals surface area contributed by atoms with Gasteiger partial charge in [0.25, 0.3) is 0 Å². The van der Waals surface area contributed by atoms with Crippen molar-refractivity contribution in [1.29, 1.82) is 0 Å². The number of aromatic nitrogens is 1. The van der Waals surface area contributed by atoms with Gasteiger partial charge in [-0.15, -0.1) is 0 Å². The van der Waals surface area contributed by atoms with Gasteiger partial charge < -0.3 is 15.2 Å². The van der Waals surface area contributed by atoms with Crippen molar-refractivity contribution in [3.63, 3.8) is 0 Å². The lowest BCUT2D eigenvalue weighted by molar-refractivity contribution is 0.251. The summed E-state index contributed by atoms with van der Waals surface area (Å²) in [6.07, 6.45) is 3.06. The van der Waals surface area contributed by atoms with Crippen molar-refractivity contribution in [2.24, 2.45) is 0 Å². The predicted molar refractivity (Wildman–Crippen MR) is 83.3 cm³/mol. The van der Waals surface area contributed by atoms with Crippen LogP contribution in [-0.4, -0.2) is 17.1 Å². The van der Waals surface area contributed by atoms with Crippen LogP contribution >= 0.6 is 0 Å². The Hall–Kier alpha value is -2.70. The van der Waals surface area contributed by atoms with Crippen LogP contribution in [0.25, 0.3) is 0 Å². The van der Waals surface area contributed by atoms with Crippen LogP contribution in [0.2, 0.25) is 0 Å². The molecule has 2 amide bonds. The first-order chi connectivity index (χ1) is 11.1. The molecule has 0 saturated heterocycles.